The quantitative estimate of drug-likeness (QED) is 0.811. The summed E-state index contributed by atoms with van der Waals surface area (Å²) in [6, 6.07) is 4.26. The molecule has 0 spiro atoms. The molecule has 2 aromatic heterocycles. The topological polar surface area (TPSA) is 78.0 Å². The molecule has 1 aliphatic heterocycles. The first kappa shape index (κ1) is 17.8. The van der Waals surface area contributed by atoms with Gasteiger partial charge in [0, 0.05) is 6.42 Å². The Morgan fingerprint density at radius 1 is 1.12 bits per heavy atom. The minimum atomic E-state index is -2.83. The first-order valence-corrected chi connectivity index (χ1v) is 11.5. The average Bonchev–Trinajstić information content (AvgIpc) is 3.24. The van der Waals surface area contributed by atoms with E-state index in [1.165, 1.54) is 19.3 Å². The van der Waals surface area contributed by atoms with Crippen molar-refractivity contribution in [3.63, 3.8) is 0 Å². The summed E-state index contributed by atoms with van der Waals surface area (Å²) < 4.78 is 31.3. The van der Waals surface area contributed by atoms with Crippen LogP contribution < -0.4 is 0 Å². The van der Waals surface area contributed by atoms with Crippen molar-refractivity contribution in [1.29, 1.82) is 0 Å². The number of aromatic nitrogens is 3. The summed E-state index contributed by atoms with van der Waals surface area (Å²) in [5, 5.41) is 4.81. The Hall–Kier alpha value is -1.63. The minimum absolute atomic E-state index is 0.305. The van der Waals surface area contributed by atoms with Crippen LogP contribution in [0.4, 0.5) is 0 Å². The molecule has 6 nitrogen and oxygen atoms in total. The highest BCUT2D eigenvalue weighted by molar-refractivity contribution is 7.91. The summed E-state index contributed by atoms with van der Waals surface area (Å²) in [5.74, 6) is 4.19. The van der Waals surface area contributed by atoms with E-state index >= 15 is 0 Å². The second kappa shape index (κ2) is 7.18. The van der Waals surface area contributed by atoms with Crippen molar-refractivity contribution >= 4 is 9.84 Å². The van der Waals surface area contributed by atoms with Crippen LogP contribution >= 0.6 is 0 Å². The fourth-order valence-electron chi connectivity index (χ4n) is 4.17. The molecule has 3 heterocycles. The fraction of sp³-hybridized carbons (Fsp3) is 0.684. The molecule has 0 unspecified atom stereocenters. The van der Waals surface area contributed by atoms with Gasteiger partial charge in [-0.2, -0.15) is 0 Å². The monoisotopic (exact) mass is 377 g/mol. The van der Waals surface area contributed by atoms with Crippen LogP contribution in [0.1, 0.15) is 62.6 Å². The van der Waals surface area contributed by atoms with Crippen LogP contribution in [-0.4, -0.2) is 34.7 Å². The van der Waals surface area contributed by atoms with Crippen LogP contribution in [-0.2, 0) is 16.3 Å². The molecule has 0 bridgehead atoms. The van der Waals surface area contributed by atoms with Gasteiger partial charge >= 0.3 is 0 Å². The van der Waals surface area contributed by atoms with Gasteiger partial charge in [-0.25, -0.2) is 18.1 Å². The third kappa shape index (κ3) is 3.87. The van der Waals surface area contributed by atoms with Gasteiger partial charge < -0.3 is 4.42 Å². The molecule has 2 aliphatic rings. The van der Waals surface area contributed by atoms with Crippen LogP contribution in [0.2, 0.25) is 0 Å². The Morgan fingerprint density at radius 3 is 2.50 bits per heavy atom. The van der Waals surface area contributed by atoms with E-state index in [2.05, 4.69) is 4.68 Å². The number of furan rings is 1. The van der Waals surface area contributed by atoms with E-state index < -0.39 is 9.84 Å². The Bertz CT molecular complexity index is 848. The lowest BCUT2D eigenvalue weighted by Gasteiger charge is -2.25. The third-order valence-electron chi connectivity index (χ3n) is 5.73. The predicted octanol–water partition coefficient (Wildman–Crippen LogP) is 3.72. The van der Waals surface area contributed by atoms with E-state index in [-0.39, 0.29) is 0 Å². The van der Waals surface area contributed by atoms with Crippen LogP contribution in [0, 0.1) is 12.8 Å². The van der Waals surface area contributed by atoms with Gasteiger partial charge in [0.1, 0.15) is 21.4 Å². The number of rotatable bonds is 4. The SMILES string of the molecule is Cc1ccc(-c2nc(CC3CCS(=O)(=O)CC3)n(C3CCCCC3)n2)o1. The normalized spacial score (nSPS) is 21.9. The number of nitrogens with zero attached hydrogens (tertiary/aromatic N) is 3. The van der Waals surface area contributed by atoms with Crippen LogP contribution in [0.25, 0.3) is 11.6 Å². The lowest BCUT2D eigenvalue weighted by Crippen LogP contribution is -2.26. The maximum Gasteiger partial charge on any atom is 0.217 e. The molecule has 4 rings (SSSR count). The van der Waals surface area contributed by atoms with Crippen molar-refractivity contribution in [2.24, 2.45) is 5.92 Å². The summed E-state index contributed by atoms with van der Waals surface area (Å²) in [5.41, 5.74) is 0. The van der Waals surface area contributed by atoms with E-state index in [0.29, 0.717) is 35.1 Å². The molecular weight excluding hydrogens is 350 g/mol. The van der Waals surface area contributed by atoms with Gasteiger partial charge in [0.25, 0.3) is 0 Å². The van der Waals surface area contributed by atoms with Crippen LogP contribution in [0.3, 0.4) is 0 Å². The van der Waals surface area contributed by atoms with Gasteiger partial charge in [0.2, 0.25) is 5.82 Å². The lowest BCUT2D eigenvalue weighted by molar-refractivity contribution is 0.313. The number of hydrogen-bond acceptors (Lipinski definition) is 5. The van der Waals surface area contributed by atoms with Crippen molar-refractivity contribution in [1.82, 2.24) is 14.8 Å². The van der Waals surface area contributed by atoms with Gasteiger partial charge in [-0.15, -0.1) is 5.10 Å². The molecule has 2 fully saturated rings. The number of aryl methyl sites for hydroxylation is 1. The van der Waals surface area contributed by atoms with Crippen LogP contribution in [0.15, 0.2) is 16.5 Å². The van der Waals surface area contributed by atoms with E-state index in [1.807, 2.05) is 19.1 Å². The molecule has 7 heteroatoms. The van der Waals surface area contributed by atoms with E-state index in [9.17, 15) is 8.42 Å². The van der Waals surface area contributed by atoms with Crippen molar-refractivity contribution < 1.29 is 12.8 Å². The Balaban J connectivity index is 1.59. The maximum absolute atomic E-state index is 11.7. The summed E-state index contributed by atoms with van der Waals surface area (Å²) in [6.07, 6.45) is 8.33. The molecule has 1 saturated heterocycles. The van der Waals surface area contributed by atoms with Crippen molar-refractivity contribution in [3.05, 3.63) is 23.7 Å². The van der Waals surface area contributed by atoms with Crippen molar-refractivity contribution in [3.8, 4) is 11.6 Å². The Labute approximate surface area is 154 Å². The maximum atomic E-state index is 11.7. The summed E-state index contributed by atoms with van der Waals surface area (Å²) in [4.78, 5) is 4.81. The third-order valence-corrected chi connectivity index (χ3v) is 7.44. The molecule has 0 N–H and O–H groups in total. The zero-order valence-corrected chi connectivity index (χ0v) is 16.2. The zero-order chi connectivity index (χ0) is 18.1. The van der Waals surface area contributed by atoms with E-state index in [4.69, 9.17) is 14.5 Å². The summed E-state index contributed by atoms with van der Waals surface area (Å²) in [6.45, 7) is 1.92. The van der Waals surface area contributed by atoms with E-state index in [1.54, 1.807) is 0 Å². The van der Waals surface area contributed by atoms with Crippen LogP contribution in [0.5, 0.6) is 0 Å². The van der Waals surface area contributed by atoms with Gasteiger partial charge in [-0.3, -0.25) is 0 Å². The Morgan fingerprint density at radius 2 is 1.85 bits per heavy atom. The van der Waals surface area contributed by atoms with Crippen molar-refractivity contribution in [2.75, 3.05) is 11.5 Å². The van der Waals surface area contributed by atoms with E-state index in [0.717, 1.165) is 43.7 Å². The molecule has 2 aromatic rings. The van der Waals surface area contributed by atoms with Gasteiger partial charge in [0.15, 0.2) is 5.76 Å². The zero-order valence-electron chi connectivity index (χ0n) is 15.4. The first-order chi connectivity index (χ1) is 12.5. The highest BCUT2D eigenvalue weighted by Crippen LogP contribution is 2.32. The smallest absolute Gasteiger partial charge is 0.217 e. The fourth-order valence-corrected chi connectivity index (χ4v) is 5.76. The molecule has 142 valence electrons. The average molecular weight is 378 g/mol. The summed E-state index contributed by atoms with van der Waals surface area (Å²) >= 11 is 0. The Kier molecular flexibility index (Phi) is 4.90. The molecule has 0 radical (unpaired) electrons. The second-order valence-corrected chi connectivity index (χ2v) is 10.1. The van der Waals surface area contributed by atoms with Gasteiger partial charge in [0.05, 0.1) is 17.5 Å². The molecule has 0 atom stereocenters. The molecule has 0 amide bonds. The largest absolute Gasteiger partial charge is 0.458 e. The first-order valence-electron chi connectivity index (χ1n) is 9.73. The standard InChI is InChI=1S/C19H27N3O3S/c1-14-7-8-17(25-14)19-20-18(13-15-9-11-26(23,24)12-10-15)22(21-19)16-5-3-2-4-6-16/h7-8,15-16H,2-6,9-13H2,1H3. The van der Waals surface area contributed by atoms with Gasteiger partial charge in [-0.05, 0) is 50.7 Å². The predicted molar refractivity (Wildman–Crippen MR) is 99.7 cm³/mol. The van der Waals surface area contributed by atoms with Crippen molar-refractivity contribution in [2.45, 2.75) is 64.3 Å². The molecule has 0 aromatic carbocycles. The molecule has 1 aliphatic carbocycles. The number of hydrogen-bond donors (Lipinski definition) is 0. The highest BCUT2D eigenvalue weighted by Gasteiger charge is 2.28. The highest BCUT2D eigenvalue weighted by atomic mass is 32.2. The number of sulfone groups is 1. The molecular formula is C19H27N3O3S. The summed E-state index contributed by atoms with van der Waals surface area (Å²) in [7, 11) is -2.83. The molecule has 26 heavy (non-hydrogen) atoms. The lowest BCUT2D eigenvalue weighted by atomic mass is 9.94. The molecule has 1 saturated carbocycles. The minimum Gasteiger partial charge on any atom is -0.458 e. The second-order valence-electron chi connectivity index (χ2n) is 7.80. The van der Waals surface area contributed by atoms with Gasteiger partial charge in [-0.1, -0.05) is 19.3 Å².